The van der Waals surface area contributed by atoms with Crippen LogP contribution in [0.5, 0.6) is 0 Å². The largest absolute Gasteiger partial charge is 0.368 e. The molecule has 1 amide bonds. The first-order valence-corrected chi connectivity index (χ1v) is 4.28. The van der Waals surface area contributed by atoms with Gasteiger partial charge >= 0.3 is 0 Å². The Morgan fingerprint density at radius 1 is 1.73 bits per heavy atom. The summed E-state index contributed by atoms with van der Waals surface area (Å²) in [5, 5.41) is 3.14. The van der Waals surface area contributed by atoms with Crippen molar-refractivity contribution >= 4 is 5.91 Å². The minimum atomic E-state index is -0.198. The van der Waals surface area contributed by atoms with Gasteiger partial charge in [-0.15, -0.1) is 0 Å². The van der Waals surface area contributed by atoms with Crippen LogP contribution in [0.2, 0.25) is 0 Å². The minimum Gasteiger partial charge on any atom is -0.368 e. The van der Waals surface area contributed by atoms with Crippen LogP contribution < -0.4 is 11.1 Å². The first kappa shape index (κ1) is 8.53. The molecule has 1 aliphatic heterocycles. The monoisotopic (exact) mass is 156 g/mol. The zero-order chi connectivity index (χ0) is 8.27. The molecular weight excluding hydrogens is 140 g/mol. The Morgan fingerprint density at radius 2 is 2.45 bits per heavy atom. The highest BCUT2D eigenvalue weighted by atomic mass is 16.1. The zero-order valence-electron chi connectivity index (χ0n) is 6.97. The zero-order valence-corrected chi connectivity index (χ0v) is 6.97. The van der Waals surface area contributed by atoms with Gasteiger partial charge in [0.1, 0.15) is 0 Å². The molecule has 0 aromatic carbocycles. The van der Waals surface area contributed by atoms with Crippen molar-refractivity contribution in [1.29, 1.82) is 0 Å². The molecular formula is C8H16N2O. The number of nitrogens with two attached hydrogens (primary N) is 1. The van der Waals surface area contributed by atoms with E-state index in [1.54, 1.807) is 0 Å². The summed E-state index contributed by atoms with van der Waals surface area (Å²) in [7, 11) is 0. The molecule has 0 aromatic rings. The summed E-state index contributed by atoms with van der Waals surface area (Å²) < 4.78 is 0. The second kappa shape index (κ2) is 3.72. The van der Waals surface area contributed by atoms with Crippen LogP contribution in [0.3, 0.4) is 0 Å². The lowest BCUT2D eigenvalue weighted by atomic mass is 9.88. The van der Waals surface area contributed by atoms with Crippen LogP contribution in [0.1, 0.15) is 26.2 Å². The molecule has 3 N–H and O–H groups in total. The molecule has 0 bridgehead atoms. The van der Waals surface area contributed by atoms with Gasteiger partial charge in [-0.3, -0.25) is 4.79 Å². The van der Waals surface area contributed by atoms with Gasteiger partial charge in [-0.2, -0.15) is 0 Å². The molecule has 0 aliphatic carbocycles. The van der Waals surface area contributed by atoms with Crippen LogP contribution >= 0.6 is 0 Å². The summed E-state index contributed by atoms with van der Waals surface area (Å²) in [6.45, 7) is 3.04. The molecule has 3 heteroatoms. The quantitative estimate of drug-likeness (QED) is 0.602. The Labute approximate surface area is 67.3 Å². The molecule has 1 aliphatic rings. The Bertz CT molecular complexity index is 147. The third-order valence-electron chi connectivity index (χ3n) is 2.42. The highest BCUT2D eigenvalue weighted by Gasteiger charge is 2.26. The third-order valence-corrected chi connectivity index (χ3v) is 2.42. The summed E-state index contributed by atoms with van der Waals surface area (Å²) in [5.74, 6) is 0.262. The number of carbonyl (C=O) groups is 1. The molecule has 0 aromatic heterocycles. The van der Waals surface area contributed by atoms with E-state index < -0.39 is 0 Å². The molecule has 1 saturated heterocycles. The van der Waals surface area contributed by atoms with Gasteiger partial charge in [0.15, 0.2) is 0 Å². The summed E-state index contributed by atoms with van der Waals surface area (Å²) >= 11 is 0. The van der Waals surface area contributed by atoms with E-state index in [2.05, 4.69) is 12.2 Å². The predicted molar refractivity (Wildman–Crippen MR) is 44.0 cm³/mol. The molecule has 1 fully saturated rings. The standard InChI is InChI=1S/C8H16N2O/c1-2-6-4-3-5-10-7(6)8(9)11/h6-7,10H,2-5H2,1H3,(H2,9,11)/t6-,7+/m0/s1. The van der Waals surface area contributed by atoms with E-state index in [-0.39, 0.29) is 11.9 Å². The third kappa shape index (κ3) is 1.93. The van der Waals surface area contributed by atoms with Crippen molar-refractivity contribution in [3.8, 4) is 0 Å². The van der Waals surface area contributed by atoms with Crippen LogP contribution in [-0.2, 0) is 4.79 Å². The van der Waals surface area contributed by atoms with Crippen molar-refractivity contribution in [3.05, 3.63) is 0 Å². The van der Waals surface area contributed by atoms with Crippen LogP contribution in [0.4, 0.5) is 0 Å². The second-order valence-corrected chi connectivity index (χ2v) is 3.14. The fraction of sp³-hybridized carbons (Fsp3) is 0.875. The maximum Gasteiger partial charge on any atom is 0.234 e. The summed E-state index contributed by atoms with van der Waals surface area (Å²) in [5.41, 5.74) is 5.23. The minimum absolute atomic E-state index is 0.0752. The number of nitrogens with one attached hydrogen (secondary N) is 1. The topological polar surface area (TPSA) is 55.1 Å². The molecule has 0 unspecified atom stereocenters. The molecule has 64 valence electrons. The molecule has 2 atom stereocenters. The van der Waals surface area contributed by atoms with Gasteiger partial charge in [-0.05, 0) is 25.3 Å². The highest BCUT2D eigenvalue weighted by molar-refractivity contribution is 5.80. The molecule has 1 heterocycles. The van der Waals surface area contributed by atoms with Crippen molar-refractivity contribution in [2.45, 2.75) is 32.2 Å². The van der Waals surface area contributed by atoms with Crippen molar-refractivity contribution in [2.24, 2.45) is 11.7 Å². The van der Waals surface area contributed by atoms with E-state index in [0.29, 0.717) is 5.92 Å². The van der Waals surface area contributed by atoms with Crippen LogP contribution in [0.15, 0.2) is 0 Å². The van der Waals surface area contributed by atoms with Crippen molar-refractivity contribution in [1.82, 2.24) is 5.32 Å². The van der Waals surface area contributed by atoms with E-state index in [1.807, 2.05) is 0 Å². The lowest BCUT2D eigenvalue weighted by molar-refractivity contribution is -0.121. The number of primary amides is 1. The van der Waals surface area contributed by atoms with Crippen LogP contribution in [0.25, 0.3) is 0 Å². The Morgan fingerprint density at radius 3 is 2.91 bits per heavy atom. The Balaban J connectivity index is 2.51. The van der Waals surface area contributed by atoms with Crippen molar-refractivity contribution < 1.29 is 4.79 Å². The summed E-state index contributed by atoms with van der Waals surface area (Å²) in [6, 6.07) is -0.0752. The van der Waals surface area contributed by atoms with Gasteiger partial charge in [0.2, 0.25) is 5.91 Å². The number of rotatable bonds is 2. The lowest BCUT2D eigenvalue weighted by Gasteiger charge is -2.29. The molecule has 3 nitrogen and oxygen atoms in total. The van der Waals surface area contributed by atoms with Crippen LogP contribution in [0, 0.1) is 5.92 Å². The van der Waals surface area contributed by atoms with E-state index in [4.69, 9.17) is 5.73 Å². The predicted octanol–water partition coefficient (Wildman–Crippen LogP) is 0.250. The summed E-state index contributed by atoms with van der Waals surface area (Å²) in [6.07, 6.45) is 3.35. The second-order valence-electron chi connectivity index (χ2n) is 3.14. The van der Waals surface area contributed by atoms with Gasteiger partial charge in [-0.25, -0.2) is 0 Å². The average Bonchev–Trinajstić information content (AvgIpc) is 2.04. The van der Waals surface area contributed by atoms with Gasteiger partial charge in [-0.1, -0.05) is 13.3 Å². The summed E-state index contributed by atoms with van der Waals surface area (Å²) in [4.78, 5) is 10.9. The molecule has 0 saturated carbocycles. The fourth-order valence-electron chi connectivity index (χ4n) is 1.73. The number of piperidine rings is 1. The lowest BCUT2D eigenvalue weighted by Crippen LogP contribution is -2.49. The molecule has 0 radical (unpaired) electrons. The maximum atomic E-state index is 10.9. The first-order valence-electron chi connectivity index (χ1n) is 4.28. The van der Waals surface area contributed by atoms with Gasteiger partial charge < -0.3 is 11.1 Å². The maximum absolute atomic E-state index is 10.9. The SMILES string of the molecule is CC[C@H]1CCCN[C@H]1C(N)=O. The Kier molecular flexibility index (Phi) is 2.88. The normalized spacial score (nSPS) is 31.7. The van der Waals surface area contributed by atoms with E-state index in [0.717, 1.165) is 19.4 Å². The average molecular weight is 156 g/mol. The van der Waals surface area contributed by atoms with Gasteiger partial charge in [0, 0.05) is 0 Å². The van der Waals surface area contributed by atoms with E-state index in [9.17, 15) is 4.79 Å². The molecule has 1 rings (SSSR count). The van der Waals surface area contributed by atoms with E-state index in [1.165, 1.54) is 6.42 Å². The fourth-order valence-corrected chi connectivity index (χ4v) is 1.73. The van der Waals surface area contributed by atoms with Crippen molar-refractivity contribution in [3.63, 3.8) is 0 Å². The highest BCUT2D eigenvalue weighted by Crippen LogP contribution is 2.19. The van der Waals surface area contributed by atoms with Gasteiger partial charge in [0.25, 0.3) is 0 Å². The first-order chi connectivity index (χ1) is 5.25. The number of amides is 1. The van der Waals surface area contributed by atoms with Crippen molar-refractivity contribution in [2.75, 3.05) is 6.54 Å². The Hall–Kier alpha value is -0.570. The number of carbonyl (C=O) groups excluding carboxylic acids is 1. The number of hydrogen-bond acceptors (Lipinski definition) is 2. The van der Waals surface area contributed by atoms with E-state index >= 15 is 0 Å². The molecule has 11 heavy (non-hydrogen) atoms. The van der Waals surface area contributed by atoms with Crippen LogP contribution in [-0.4, -0.2) is 18.5 Å². The van der Waals surface area contributed by atoms with Gasteiger partial charge in [0.05, 0.1) is 6.04 Å². The smallest absolute Gasteiger partial charge is 0.234 e. The molecule has 0 spiro atoms. The number of hydrogen-bond donors (Lipinski definition) is 2.